The molecule has 0 aromatic heterocycles. The summed E-state index contributed by atoms with van der Waals surface area (Å²) in [7, 11) is 0. The number of imide groups is 2. The van der Waals surface area contributed by atoms with Crippen molar-refractivity contribution in [3.8, 4) is 0 Å². The lowest BCUT2D eigenvalue weighted by Crippen LogP contribution is -2.49. The summed E-state index contributed by atoms with van der Waals surface area (Å²) in [5.41, 5.74) is 0. The molecule has 0 aromatic rings. The van der Waals surface area contributed by atoms with Gasteiger partial charge in [-0.1, -0.05) is 20.6 Å². The Morgan fingerprint density at radius 1 is 0.320 bits per heavy atom. The maximum absolute atomic E-state index is 13.2. The van der Waals surface area contributed by atoms with E-state index in [1.54, 1.807) is 0 Å². The van der Waals surface area contributed by atoms with E-state index < -0.39 is 276 Å². The first kappa shape index (κ1) is 89.6. The molecule has 97 heavy (non-hydrogen) atoms. The lowest BCUT2D eigenvalue weighted by molar-refractivity contribution is -0.152. The summed E-state index contributed by atoms with van der Waals surface area (Å²) in [4.78, 5) is 138. The smallest absolute Gasteiger partial charge is 0.317 e. The van der Waals surface area contributed by atoms with Crippen molar-refractivity contribution in [2.24, 2.45) is 20.6 Å². The molecule has 0 aliphatic carbocycles. The molecule has 0 radical (unpaired) electrons. The highest BCUT2D eigenvalue weighted by molar-refractivity contribution is 5.97. The lowest BCUT2D eigenvalue weighted by Gasteiger charge is -2.28. The molecule has 0 aliphatic heterocycles. The Morgan fingerprint density at radius 2 is 0.536 bits per heavy atom. The standard InChI is InChI=1S/C50H87N11O36/c62-18-30(70)47(90)43(86)26(66)9-53-94-22-36(76)60(37(77)23-95-54-10-27(67)44(87)48(91)31(71)19-63)3-1-51-34(74)13-58(16-41(82)83)7-5-57(15-40(80)81)6-8-59(17-42(84)85)14-35(75)52-2-4-61(38(78)24-96-55-11-28(68)45(88)49(92)32(72)20-64)39(79)25-97-56-12-29(69)46(89)50(93)33(73)21-65/h9-12,26-33,43-50,62-73,86-93H,1-8,13-25H2,(H,51,74)(H,52,75)(H,80,81)(H,82,83)(H,84,85)/b53-9+,54-10+,55-11+,56-12+/t26?,27?,28?,29?,30?,31?,32?,33?,43-,44?,45-,46?,47-,48+,49+,50+/m0/s1. The van der Waals surface area contributed by atoms with Gasteiger partial charge in [0.1, 0.15) is 97.7 Å². The minimum absolute atomic E-state index is 0.354. The van der Waals surface area contributed by atoms with Gasteiger partial charge in [-0.05, 0) is 0 Å². The number of carboxylic acid groups (broad SMARTS) is 3. The molecule has 0 rings (SSSR count). The molecule has 16 atom stereocenters. The van der Waals surface area contributed by atoms with Gasteiger partial charge in [0.25, 0.3) is 23.6 Å². The number of amides is 6. The molecule has 10 unspecified atom stereocenters. The van der Waals surface area contributed by atoms with Crippen LogP contribution in [-0.4, -0.2) is 456 Å². The predicted octanol–water partition coefficient (Wildman–Crippen LogP) is -18.2. The number of aliphatic hydroxyl groups is 20. The van der Waals surface area contributed by atoms with Crippen LogP contribution in [0.5, 0.6) is 0 Å². The van der Waals surface area contributed by atoms with Crippen molar-refractivity contribution >= 4 is 78.2 Å². The van der Waals surface area contributed by atoms with Gasteiger partial charge in [-0.25, -0.2) is 0 Å². The molecule has 47 nitrogen and oxygen atoms in total. The van der Waals surface area contributed by atoms with E-state index in [0.29, 0.717) is 34.7 Å². The zero-order valence-corrected chi connectivity index (χ0v) is 51.5. The van der Waals surface area contributed by atoms with Gasteiger partial charge < -0.3 is 147 Å². The third kappa shape index (κ3) is 36.7. The molecular weight excluding hydrogens is 1330 g/mol. The fourth-order valence-corrected chi connectivity index (χ4v) is 7.35. The van der Waals surface area contributed by atoms with E-state index in [4.69, 9.17) is 39.8 Å². The average Bonchev–Trinajstić information content (AvgIpc) is 1.88. The molecule has 0 saturated carbocycles. The van der Waals surface area contributed by atoms with Crippen LogP contribution in [0, 0.1) is 0 Å². The van der Waals surface area contributed by atoms with Crippen LogP contribution in [0.3, 0.4) is 0 Å². The number of hydrogen-bond acceptors (Lipinski definition) is 40. The van der Waals surface area contributed by atoms with E-state index in [1.165, 1.54) is 0 Å². The number of oxime groups is 4. The number of carboxylic acids is 3. The van der Waals surface area contributed by atoms with Gasteiger partial charge in [-0.15, -0.1) is 0 Å². The number of hydrogen-bond donors (Lipinski definition) is 25. The quantitative estimate of drug-likeness (QED) is 0.0199. The van der Waals surface area contributed by atoms with Crippen molar-refractivity contribution in [1.82, 2.24) is 35.1 Å². The molecule has 0 saturated heterocycles. The Bertz CT molecular complexity index is 2230. The number of rotatable bonds is 54. The van der Waals surface area contributed by atoms with Gasteiger partial charge in [-0.3, -0.25) is 67.7 Å². The van der Waals surface area contributed by atoms with Crippen molar-refractivity contribution in [3.05, 3.63) is 0 Å². The predicted molar refractivity (Wildman–Crippen MR) is 314 cm³/mol. The second kappa shape index (κ2) is 49.2. The second-order valence-corrected chi connectivity index (χ2v) is 20.5. The average molecular weight is 1420 g/mol. The van der Waals surface area contributed by atoms with Crippen LogP contribution in [0.2, 0.25) is 0 Å². The maximum Gasteiger partial charge on any atom is 0.317 e. The van der Waals surface area contributed by atoms with Crippen molar-refractivity contribution in [3.63, 3.8) is 0 Å². The summed E-state index contributed by atoms with van der Waals surface area (Å²) in [6.45, 7) is -16.9. The third-order valence-corrected chi connectivity index (χ3v) is 12.8. The molecule has 0 spiro atoms. The molecule has 0 aliphatic rings. The fraction of sp³-hybridized carbons (Fsp3) is 0.740. The van der Waals surface area contributed by atoms with Gasteiger partial charge >= 0.3 is 17.9 Å². The number of aliphatic hydroxyl groups excluding tert-OH is 20. The summed E-state index contributed by atoms with van der Waals surface area (Å²) < 4.78 is 0. The molecule has 0 aromatic carbocycles. The highest BCUT2D eigenvalue weighted by Crippen LogP contribution is 2.09. The minimum atomic E-state index is -2.14. The number of carbonyl (C=O) groups excluding carboxylic acids is 6. The van der Waals surface area contributed by atoms with Crippen LogP contribution in [0.25, 0.3) is 0 Å². The Hall–Kier alpha value is -7.41. The number of aliphatic carboxylic acids is 3. The molecular formula is C50H87N11O36. The fourth-order valence-electron chi connectivity index (χ4n) is 7.35. The number of nitrogens with one attached hydrogen (secondary N) is 2. The Kier molecular flexibility index (Phi) is 45.4. The van der Waals surface area contributed by atoms with Crippen LogP contribution in [0.4, 0.5) is 0 Å². The zero-order chi connectivity index (χ0) is 74.1. The molecule has 558 valence electrons. The van der Waals surface area contributed by atoms with Crippen molar-refractivity contribution in [2.75, 3.05) is 138 Å². The molecule has 0 bridgehead atoms. The summed E-state index contributed by atoms with van der Waals surface area (Å²) in [6, 6.07) is 0. The van der Waals surface area contributed by atoms with E-state index in [0.717, 1.165) is 14.7 Å². The highest BCUT2D eigenvalue weighted by atomic mass is 16.6. The van der Waals surface area contributed by atoms with E-state index in [-0.39, 0.29) is 13.1 Å². The Balaban J connectivity index is 6.24. The van der Waals surface area contributed by atoms with Crippen LogP contribution < -0.4 is 10.6 Å². The van der Waals surface area contributed by atoms with Crippen molar-refractivity contribution in [2.45, 2.75) is 97.7 Å². The largest absolute Gasteiger partial charge is 0.480 e. The van der Waals surface area contributed by atoms with Crippen LogP contribution in [-0.2, 0) is 62.5 Å². The normalized spacial score (nSPS) is 17.1. The van der Waals surface area contributed by atoms with Gasteiger partial charge in [0.2, 0.25) is 11.8 Å². The van der Waals surface area contributed by atoms with Crippen LogP contribution in [0.15, 0.2) is 20.6 Å². The van der Waals surface area contributed by atoms with Gasteiger partial charge in [-0.2, -0.15) is 0 Å². The summed E-state index contributed by atoms with van der Waals surface area (Å²) in [5, 5.41) is 239. The van der Waals surface area contributed by atoms with Gasteiger partial charge in [0.15, 0.2) is 26.4 Å². The molecule has 0 heterocycles. The van der Waals surface area contributed by atoms with Crippen molar-refractivity contribution in [1.29, 1.82) is 0 Å². The molecule has 25 N–H and O–H groups in total. The monoisotopic (exact) mass is 1420 g/mol. The summed E-state index contributed by atoms with van der Waals surface area (Å²) in [5.74, 6) is -11.4. The lowest BCUT2D eigenvalue weighted by atomic mass is 10.0. The minimum Gasteiger partial charge on any atom is -0.480 e. The number of nitrogens with zero attached hydrogens (tertiary/aromatic N) is 9. The van der Waals surface area contributed by atoms with E-state index in [1.807, 2.05) is 0 Å². The number of carbonyl (C=O) groups is 9. The SMILES string of the molecule is O=C(O)CN(CCN(CC(=O)O)CC(=O)NCCN(C(=O)CO/N=C/C(O)C(O)[C@H](O)C(O)CO)C(=O)CO/N=C/C(O)[C@H](O)[C@H](O)C(O)CO)CCN(CC(=O)O)CC(=O)NCCN(C(=O)CO/N=C/C(O)C(O)[C@H](O)C(O)CO)C(=O)CO/N=C/C(O)[C@H](O)[C@@H](O)C(O)CO. The second-order valence-electron chi connectivity index (χ2n) is 20.5. The molecule has 0 fully saturated rings. The first-order valence-electron chi connectivity index (χ1n) is 28.6. The first-order valence-corrected chi connectivity index (χ1v) is 28.6. The maximum atomic E-state index is 13.2. The van der Waals surface area contributed by atoms with Crippen molar-refractivity contribution < 1.29 is 180 Å². The van der Waals surface area contributed by atoms with E-state index >= 15 is 0 Å². The van der Waals surface area contributed by atoms with Crippen LogP contribution in [0.1, 0.15) is 0 Å². The summed E-state index contributed by atoms with van der Waals surface area (Å²) in [6.07, 6.45) is -30.9. The first-order chi connectivity index (χ1) is 45.6. The summed E-state index contributed by atoms with van der Waals surface area (Å²) >= 11 is 0. The Morgan fingerprint density at radius 3 is 0.753 bits per heavy atom. The highest BCUT2D eigenvalue weighted by Gasteiger charge is 2.34. The molecule has 6 amide bonds. The Labute approximate surface area is 548 Å². The van der Waals surface area contributed by atoms with Gasteiger partial charge in [0.05, 0.1) is 84.0 Å². The van der Waals surface area contributed by atoms with E-state index in [9.17, 15) is 140 Å². The zero-order valence-electron chi connectivity index (χ0n) is 51.5. The molecule has 47 heteroatoms. The van der Waals surface area contributed by atoms with Crippen LogP contribution >= 0.6 is 0 Å². The van der Waals surface area contributed by atoms with E-state index in [2.05, 4.69) is 31.3 Å². The third-order valence-electron chi connectivity index (χ3n) is 12.8. The topological polar surface area (TPSA) is 746 Å². The van der Waals surface area contributed by atoms with Gasteiger partial charge in [0, 0.05) is 52.4 Å².